The van der Waals surface area contributed by atoms with Crippen LogP contribution in [0.2, 0.25) is 0 Å². The molecule has 0 bridgehead atoms. The molecule has 0 radical (unpaired) electrons. The molecule has 1 aliphatic heterocycles. The monoisotopic (exact) mass is 300 g/mol. The van der Waals surface area contributed by atoms with Crippen LogP contribution in [0.15, 0.2) is 34.9 Å². The molecule has 0 unspecified atom stereocenters. The van der Waals surface area contributed by atoms with Crippen LogP contribution in [0, 0.1) is 0 Å². The van der Waals surface area contributed by atoms with E-state index in [0.717, 1.165) is 44.4 Å². The Kier molecular flexibility index (Phi) is 4.16. The van der Waals surface area contributed by atoms with Crippen LogP contribution in [-0.4, -0.2) is 41.2 Å². The highest BCUT2D eigenvalue weighted by atomic mass is 16.5. The van der Waals surface area contributed by atoms with E-state index in [0.29, 0.717) is 0 Å². The van der Waals surface area contributed by atoms with Crippen LogP contribution in [0.3, 0.4) is 0 Å². The van der Waals surface area contributed by atoms with Gasteiger partial charge in [-0.05, 0) is 12.1 Å². The van der Waals surface area contributed by atoms with Gasteiger partial charge in [-0.1, -0.05) is 44.1 Å². The minimum atomic E-state index is -0.0617. The molecule has 1 aliphatic rings. The molecule has 2 aromatic rings. The van der Waals surface area contributed by atoms with Crippen LogP contribution in [0.25, 0.3) is 0 Å². The van der Waals surface area contributed by atoms with E-state index in [1.807, 2.05) is 0 Å². The molecule has 0 amide bonds. The van der Waals surface area contributed by atoms with Crippen molar-refractivity contribution < 1.29 is 4.52 Å². The number of piperazine rings is 1. The van der Waals surface area contributed by atoms with Gasteiger partial charge in [-0.2, -0.15) is 4.98 Å². The van der Waals surface area contributed by atoms with Gasteiger partial charge in [0.2, 0.25) is 5.89 Å². The maximum Gasteiger partial charge on any atom is 0.240 e. The predicted octanol–water partition coefficient (Wildman–Crippen LogP) is 2.69. The number of hydrogen-bond acceptors (Lipinski definition) is 5. The maximum atomic E-state index is 5.39. The number of aromatic nitrogens is 2. The SMILES string of the molecule is CC(C)(C)c1noc(CN2CCN(c3ccccc3)CC2)n1. The van der Waals surface area contributed by atoms with Crippen molar-refractivity contribution in [3.05, 3.63) is 42.0 Å². The van der Waals surface area contributed by atoms with Crippen molar-refractivity contribution in [2.24, 2.45) is 0 Å². The second-order valence-corrected chi connectivity index (χ2v) is 6.86. The highest BCUT2D eigenvalue weighted by molar-refractivity contribution is 5.46. The van der Waals surface area contributed by atoms with Crippen molar-refractivity contribution >= 4 is 5.69 Å². The summed E-state index contributed by atoms with van der Waals surface area (Å²) in [6.07, 6.45) is 0. The van der Waals surface area contributed by atoms with Gasteiger partial charge < -0.3 is 9.42 Å². The van der Waals surface area contributed by atoms with E-state index in [1.165, 1.54) is 5.69 Å². The molecule has 1 fully saturated rings. The Morgan fingerprint density at radius 2 is 1.73 bits per heavy atom. The van der Waals surface area contributed by atoms with Gasteiger partial charge in [0.05, 0.1) is 6.54 Å². The number of benzene rings is 1. The second-order valence-electron chi connectivity index (χ2n) is 6.86. The fraction of sp³-hybridized carbons (Fsp3) is 0.529. The van der Waals surface area contributed by atoms with Crippen LogP contribution < -0.4 is 4.90 Å². The largest absolute Gasteiger partial charge is 0.369 e. The summed E-state index contributed by atoms with van der Waals surface area (Å²) in [4.78, 5) is 9.32. The van der Waals surface area contributed by atoms with Gasteiger partial charge in [0, 0.05) is 37.3 Å². The summed E-state index contributed by atoms with van der Waals surface area (Å²) in [7, 11) is 0. The second kappa shape index (κ2) is 6.08. The highest BCUT2D eigenvalue weighted by Crippen LogP contribution is 2.20. The summed E-state index contributed by atoms with van der Waals surface area (Å²) >= 11 is 0. The minimum Gasteiger partial charge on any atom is -0.369 e. The van der Waals surface area contributed by atoms with E-state index in [2.05, 4.69) is 71.0 Å². The minimum absolute atomic E-state index is 0.0617. The van der Waals surface area contributed by atoms with Crippen LogP contribution in [-0.2, 0) is 12.0 Å². The van der Waals surface area contributed by atoms with Crippen molar-refractivity contribution in [3.63, 3.8) is 0 Å². The lowest BCUT2D eigenvalue weighted by atomic mass is 9.96. The van der Waals surface area contributed by atoms with E-state index in [4.69, 9.17) is 4.52 Å². The molecule has 1 saturated heterocycles. The molecular formula is C17H24N4O. The quantitative estimate of drug-likeness (QED) is 0.872. The fourth-order valence-corrected chi connectivity index (χ4v) is 2.62. The molecule has 5 heteroatoms. The van der Waals surface area contributed by atoms with Gasteiger partial charge in [-0.25, -0.2) is 0 Å². The highest BCUT2D eigenvalue weighted by Gasteiger charge is 2.23. The first kappa shape index (κ1) is 15.0. The van der Waals surface area contributed by atoms with Gasteiger partial charge >= 0.3 is 0 Å². The average molecular weight is 300 g/mol. The summed E-state index contributed by atoms with van der Waals surface area (Å²) in [5.74, 6) is 1.50. The topological polar surface area (TPSA) is 45.4 Å². The van der Waals surface area contributed by atoms with E-state index in [9.17, 15) is 0 Å². The van der Waals surface area contributed by atoms with Crippen molar-refractivity contribution in [2.45, 2.75) is 32.7 Å². The van der Waals surface area contributed by atoms with Crippen LogP contribution in [0.4, 0.5) is 5.69 Å². The summed E-state index contributed by atoms with van der Waals surface area (Å²) in [5.41, 5.74) is 1.24. The van der Waals surface area contributed by atoms with Gasteiger partial charge in [0.25, 0.3) is 0 Å². The Bertz CT molecular complexity index is 595. The van der Waals surface area contributed by atoms with E-state index in [1.54, 1.807) is 0 Å². The normalized spacial score (nSPS) is 17.0. The standard InChI is InChI=1S/C17H24N4O/c1-17(2,3)16-18-15(22-19-16)13-20-9-11-21(12-10-20)14-7-5-4-6-8-14/h4-8H,9-13H2,1-3H3. The molecule has 3 rings (SSSR count). The molecule has 1 aromatic heterocycles. The Morgan fingerprint density at radius 1 is 1.05 bits per heavy atom. The lowest BCUT2D eigenvalue weighted by Gasteiger charge is -2.35. The van der Waals surface area contributed by atoms with Crippen molar-refractivity contribution in [2.75, 3.05) is 31.1 Å². The maximum absolute atomic E-state index is 5.39. The molecule has 118 valence electrons. The van der Waals surface area contributed by atoms with Crippen LogP contribution in [0.5, 0.6) is 0 Å². The summed E-state index contributed by atoms with van der Waals surface area (Å²) < 4.78 is 5.39. The van der Waals surface area contributed by atoms with Crippen LogP contribution in [0.1, 0.15) is 32.5 Å². The molecule has 2 heterocycles. The number of anilines is 1. The summed E-state index contributed by atoms with van der Waals surface area (Å²) in [6.45, 7) is 11.1. The first-order chi connectivity index (χ1) is 10.5. The number of hydrogen-bond donors (Lipinski definition) is 0. The summed E-state index contributed by atoms with van der Waals surface area (Å²) in [5, 5.41) is 4.09. The Balaban J connectivity index is 1.55. The zero-order valence-corrected chi connectivity index (χ0v) is 13.6. The molecule has 1 aromatic carbocycles. The molecule has 0 N–H and O–H groups in total. The average Bonchev–Trinajstić information content (AvgIpc) is 2.98. The lowest BCUT2D eigenvalue weighted by Crippen LogP contribution is -2.46. The Hall–Kier alpha value is -1.88. The smallest absolute Gasteiger partial charge is 0.240 e. The zero-order valence-electron chi connectivity index (χ0n) is 13.6. The third-order valence-electron chi connectivity index (χ3n) is 3.99. The molecule has 0 atom stereocenters. The van der Waals surface area contributed by atoms with Crippen molar-refractivity contribution in [1.29, 1.82) is 0 Å². The first-order valence-electron chi connectivity index (χ1n) is 7.88. The van der Waals surface area contributed by atoms with E-state index in [-0.39, 0.29) is 5.41 Å². The predicted molar refractivity (Wildman–Crippen MR) is 86.9 cm³/mol. The molecular weight excluding hydrogens is 276 g/mol. The van der Waals surface area contributed by atoms with Crippen molar-refractivity contribution in [1.82, 2.24) is 15.0 Å². The first-order valence-corrected chi connectivity index (χ1v) is 7.88. The molecule has 0 aliphatic carbocycles. The zero-order chi connectivity index (χ0) is 15.6. The van der Waals surface area contributed by atoms with Gasteiger partial charge in [0.15, 0.2) is 5.82 Å². The molecule has 0 saturated carbocycles. The van der Waals surface area contributed by atoms with Gasteiger partial charge in [-0.3, -0.25) is 4.90 Å². The lowest BCUT2D eigenvalue weighted by molar-refractivity contribution is 0.215. The molecule has 5 nitrogen and oxygen atoms in total. The Labute approximate surface area is 131 Å². The number of para-hydroxylation sites is 1. The van der Waals surface area contributed by atoms with Crippen LogP contribution >= 0.6 is 0 Å². The van der Waals surface area contributed by atoms with Gasteiger partial charge in [0.1, 0.15) is 0 Å². The van der Waals surface area contributed by atoms with E-state index < -0.39 is 0 Å². The molecule has 22 heavy (non-hydrogen) atoms. The number of rotatable bonds is 3. The third-order valence-corrected chi connectivity index (χ3v) is 3.99. The van der Waals surface area contributed by atoms with Gasteiger partial charge in [-0.15, -0.1) is 0 Å². The van der Waals surface area contributed by atoms with E-state index >= 15 is 0 Å². The van der Waals surface area contributed by atoms with Crippen molar-refractivity contribution in [3.8, 4) is 0 Å². The Morgan fingerprint density at radius 3 is 2.32 bits per heavy atom. The third kappa shape index (κ3) is 3.47. The molecule has 0 spiro atoms. The summed E-state index contributed by atoms with van der Waals surface area (Å²) in [6, 6.07) is 10.6. The fourth-order valence-electron chi connectivity index (χ4n) is 2.62. The number of nitrogens with zero attached hydrogens (tertiary/aromatic N) is 4.